The van der Waals surface area contributed by atoms with Crippen LogP contribution in [0.4, 0.5) is 10.6 Å². The first kappa shape index (κ1) is 24.3. The van der Waals surface area contributed by atoms with Gasteiger partial charge >= 0.3 is 6.09 Å². The molecule has 1 aliphatic heterocycles. The molecule has 1 aliphatic rings. The highest BCUT2D eigenvalue weighted by molar-refractivity contribution is 5.71. The van der Waals surface area contributed by atoms with Crippen LogP contribution in [0.15, 0.2) is 18.2 Å². The summed E-state index contributed by atoms with van der Waals surface area (Å²) in [5.74, 6) is 0.614. The van der Waals surface area contributed by atoms with Crippen molar-refractivity contribution in [1.82, 2.24) is 14.9 Å². The van der Waals surface area contributed by atoms with Gasteiger partial charge in [0.15, 0.2) is 5.82 Å². The number of amides is 1. The van der Waals surface area contributed by atoms with E-state index in [1.807, 2.05) is 26.8 Å². The van der Waals surface area contributed by atoms with Crippen molar-refractivity contribution in [3.8, 4) is 23.2 Å². The van der Waals surface area contributed by atoms with E-state index in [1.165, 1.54) is 0 Å². The minimum absolute atomic E-state index is 0.0715. The molecule has 1 saturated heterocycles. The number of aromatic hydroxyl groups is 1. The van der Waals surface area contributed by atoms with Gasteiger partial charge in [0, 0.05) is 19.0 Å². The van der Waals surface area contributed by atoms with Crippen LogP contribution >= 0.6 is 0 Å². The van der Waals surface area contributed by atoms with Crippen molar-refractivity contribution in [2.24, 2.45) is 5.92 Å². The maximum atomic E-state index is 12.6. The molecular formula is C25H33N5O3. The Morgan fingerprint density at radius 1 is 1.36 bits per heavy atom. The Kier molecular flexibility index (Phi) is 7.11. The molecule has 3 N–H and O–H groups in total. The largest absolute Gasteiger partial charge is 0.507 e. The van der Waals surface area contributed by atoms with Gasteiger partial charge in [0.05, 0.1) is 11.3 Å². The summed E-state index contributed by atoms with van der Waals surface area (Å²) in [4.78, 5) is 23.4. The van der Waals surface area contributed by atoms with E-state index in [9.17, 15) is 15.2 Å². The summed E-state index contributed by atoms with van der Waals surface area (Å²) >= 11 is 0. The molecule has 8 nitrogen and oxygen atoms in total. The number of nitrogens with two attached hydrogens (primary N) is 1. The highest BCUT2D eigenvalue weighted by atomic mass is 16.6. The Bertz CT molecular complexity index is 1070. The number of ether oxygens (including phenoxy) is 1. The molecule has 176 valence electrons. The Morgan fingerprint density at radius 3 is 2.73 bits per heavy atom. The summed E-state index contributed by atoms with van der Waals surface area (Å²) in [5.41, 5.74) is 7.78. The molecule has 2 aromatic rings. The lowest BCUT2D eigenvalue weighted by atomic mass is 9.91. The average Bonchev–Trinajstić information content (AvgIpc) is 2.72. The summed E-state index contributed by atoms with van der Waals surface area (Å²) in [5, 5.41) is 20.4. The SMILES string of the molecule is CC(C)Cc1cccc(O)c1-c1nc(N)c(C#N)c(C2CCCN(C(=O)OC(C)(C)C)C2)n1. The van der Waals surface area contributed by atoms with Gasteiger partial charge in [0.25, 0.3) is 0 Å². The molecule has 2 heterocycles. The number of carbonyl (C=O) groups is 1. The number of nitrogens with zero attached hydrogens (tertiary/aromatic N) is 4. The van der Waals surface area contributed by atoms with E-state index >= 15 is 0 Å². The molecule has 1 fully saturated rings. The summed E-state index contributed by atoms with van der Waals surface area (Å²) in [7, 11) is 0. The third kappa shape index (κ3) is 5.72. The molecule has 1 amide bonds. The molecule has 33 heavy (non-hydrogen) atoms. The quantitative estimate of drug-likeness (QED) is 0.695. The van der Waals surface area contributed by atoms with E-state index in [0.717, 1.165) is 24.8 Å². The summed E-state index contributed by atoms with van der Waals surface area (Å²) in [6.07, 6.45) is 1.86. The van der Waals surface area contributed by atoms with Gasteiger partial charge in [-0.1, -0.05) is 26.0 Å². The van der Waals surface area contributed by atoms with Crippen molar-refractivity contribution in [2.45, 2.75) is 65.4 Å². The minimum atomic E-state index is -0.591. The molecule has 0 spiro atoms. The Balaban J connectivity index is 2.03. The van der Waals surface area contributed by atoms with Gasteiger partial charge in [-0.15, -0.1) is 0 Å². The van der Waals surface area contributed by atoms with Crippen molar-refractivity contribution in [3.05, 3.63) is 35.0 Å². The maximum Gasteiger partial charge on any atom is 0.410 e. The molecule has 1 unspecified atom stereocenters. The van der Waals surface area contributed by atoms with Crippen LogP contribution in [0.25, 0.3) is 11.4 Å². The van der Waals surface area contributed by atoms with Gasteiger partial charge in [0.1, 0.15) is 28.8 Å². The van der Waals surface area contributed by atoms with Crippen molar-refractivity contribution in [3.63, 3.8) is 0 Å². The Hall–Kier alpha value is -3.34. The highest BCUT2D eigenvalue weighted by Crippen LogP contribution is 2.36. The second kappa shape index (κ2) is 9.65. The number of hydrogen-bond acceptors (Lipinski definition) is 7. The van der Waals surface area contributed by atoms with Crippen LogP contribution in [0.2, 0.25) is 0 Å². The van der Waals surface area contributed by atoms with E-state index in [4.69, 9.17) is 15.5 Å². The monoisotopic (exact) mass is 451 g/mol. The standard InChI is InChI=1S/C25H33N5O3/c1-15(2)12-16-8-6-10-19(31)20(16)23-28-21(18(13-26)22(27)29-23)17-9-7-11-30(14-17)24(32)33-25(3,4)5/h6,8,10,15,17,31H,7,9,11-12,14H2,1-5H3,(H2,27,28,29). The first-order valence-electron chi connectivity index (χ1n) is 11.4. The number of piperidine rings is 1. The normalized spacial score (nSPS) is 16.5. The summed E-state index contributed by atoms with van der Waals surface area (Å²) in [6, 6.07) is 7.47. The lowest BCUT2D eigenvalue weighted by Gasteiger charge is -2.34. The predicted octanol–water partition coefficient (Wildman–Crippen LogP) is 4.62. The Morgan fingerprint density at radius 2 is 2.09 bits per heavy atom. The van der Waals surface area contributed by atoms with Crippen molar-refractivity contribution >= 4 is 11.9 Å². The first-order valence-corrected chi connectivity index (χ1v) is 11.4. The zero-order valence-corrected chi connectivity index (χ0v) is 20.1. The number of benzene rings is 1. The third-order valence-electron chi connectivity index (χ3n) is 5.52. The molecule has 0 saturated carbocycles. The molecule has 1 aromatic heterocycles. The zero-order chi connectivity index (χ0) is 24.3. The van der Waals surface area contributed by atoms with Crippen LogP contribution in [0.1, 0.15) is 70.2 Å². The number of phenols is 1. The lowest BCUT2D eigenvalue weighted by Crippen LogP contribution is -2.42. The molecule has 1 atom stereocenters. The van der Waals surface area contributed by atoms with Gasteiger partial charge in [-0.05, 0) is 57.6 Å². The second-order valence-corrected chi connectivity index (χ2v) is 9.98. The number of aromatic nitrogens is 2. The van der Waals surface area contributed by atoms with E-state index in [-0.39, 0.29) is 29.1 Å². The van der Waals surface area contributed by atoms with Crippen LogP contribution in [0.3, 0.4) is 0 Å². The number of likely N-dealkylation sites (tertiary alicyclic amines) is 1. The van der Waals surface area contributed by atoms with Gasteiger partial charge in [0.2, 0.25) is 0 Å². The van der Waals surface area contributed by atoms with Crippen molar-refractivity contribution in [2.75, 3.05) is 18.8 Å². The van der Waals surface area contributed by atoms with Crippen LogP contribution < -0.4 is 5.73 Å². The van der Waals surface area contributed by atoms with Gasteiger partial charge in [-0.2, -0.15) is 5.26 Å². The summed E-state index contributed by atoms with van der Waals surface area (Å²) < 4.78 is 5.53. The second-order valence-electron chi connectivity index (χ2n) is 9.98. The number of nitrogen functional groups attached to an aromatic ring is 1. The molecule has 3 rings (SSSR count). The molecule has 0 aliphatic carbocycles. The maximum absolute atomic E-state index is 12.6. The van der Waals surface area contributed by atoms with Gasteiger partial charge in [-0.25, -0.2) is 14.8 Å². The fourth-order valence-electron chi connectivity index (χ4n) is 4.17. The third-order valence-corrected chi connectivity index (χ3v) is 5.52. The highest BCUT2D eigenvalue weighted by Gasteiger charge is 2.31. The lowest BCUT2D eigenvalue weighted by molar-refractivity contribution is 0.0197. The average molecular weight is 452 g/mol. The van der Waals surface area contributed by atoms with Gasteiger partial charge in [-0.3, -0.25) is 0 Å². The predicted molar refractivity (Wildman–Crippen MR) is 127 cm³/mol. The van der Waals surface area contributed by atoms with Crippen LogP contribution in [-0.4, -0.2) is 44.8 Å². The number of anilines is 1. The van der Waals surface area contributed by atoms with Gasteiger partial charge < -0.3 is 20.5 Å². The number of phenolic OH excluding ortho intramolecular Hbond substituents is 1. The Labute approximate surface area is 195 Å². The fraction of sp³-hybridized carbons (Fsp3) is 0.520. The molecule has 8 heteroatoms. The van der Waals surface area contributed by atoms with Crippen molar-refractivity contribution < 1.29 is 14.6 Å². The smallest absolute Gasteiger partial charge is 0.410 e. The van der Waals surface area contributed by atoms with Crippen molar-refractivity contribution in [1.29, 1.82) is 5.26 Å². The van der Waals surface area contributed by atoms with E-state index in [2.05, 4.69) is 24.9 Å². The molecule has 0 bridgehead atoms. The van der Waals surface area contributed by atoms with Crippen LogP contribution in [0, 0.1) is 17.2 Å². The fourth-order valence-corrected chi connectivity index (χ4v) is 4.17. The number of rotatable bonds is 4. The van der Waals surface area contributed by atoms with Crippen LogP contribution in [0.5, 0.6) is 5.75 Å². The topological polar surface area (TPSA) is 125 Å². The van der Waals surface area contributed by atoms with E-state index in [0.29, 0.717) is 36.1 Å². The first-order chi connectivity index (χ1) is 15.5. The van der Waals surface area contributed by atoms with Crippen LogP contribution in [-0.2, 0) is 11.2 Å². The minimum Gasteiger partial charge on any atom is -0.507 e. The molecular weight excluding hydrogens is 418 g/mol. The van der Waals surface area contributed by atoms with E-state index < -0.39 is 5.60 Å². The number of nitriles is 1. The van der Waals surface area contributed by atoms with E-state index in [1.54, 1.807) is 17.0 Å². The zero-order valence-electron chi connectivity index (χ0n) is 20.1. The summed E-state index contributed by atoms with van der Waals surface area (Å²) in [6.45, 7) is 10.6. The number of carbonyl (C=O) groups excluding carboxylic acids is 1. The molecule has 1 aromatic carbocycles. The molecule has 0 radical (unpaired) electrons. The number of hydrogen-bond donors (Lipinski definition) is 2.